The Labute approximate surface area is 152 Å². The Morgan fingerprint density at radius 1 is 1.32 bits per heavy atom. The van der Waals surface area contributed by atoms with Crippen LogP contribution in [0.1, 0.15) is 31.2 Å². The summed E-state index contributed by atoms with van der Waals surface area (Å²) in [4.78, 5) is 11.8. The van der Waals surface area contributed by atoms with Gasteiger partial charge in [0.05, 0.1) is 25.3 Å². The van der Waals surface area contributed by atoms with Crippen molar-refractivity contribution in [2.24, 2.45) is 0 Å². The molecule has 1 amide bonds. The van der Waals surface area contributed by atoms with E-state index in [1.54, 1.807) is 18.2 Å². The molecule has 0 heterocycles. The Hall–Kier alpha value is -1.98. The average molecular weight is 364 g/mol. The van der Waals surface area contributed by atoms with Gasteiger partial charge < -0.3 is 19.9 Å². The molecule has 0 aromatic heterocycles. The number of methoxy groups -OCH3 is 2. The Bertz CT molecular complexity index is 743. The molecule has 134 valence electrons. The van der Waals surface area contributed by atoms with E-state index in [0.717, 1.165) is 30.4 Å². The molecule has 0 spiro atoms. The van der Waals surface area contributed by atoms with Crippen molar-refractivity contribution in [3.8, 4) is 5.75 Å². The molecule has 1 fully saturated rings. The zero-order chi connectivity index (χ0) is 18.0. The van der Waals surface area contributed by atoms with Crippen LogP contribution < -0.4 is 10.1 Å². The van der Waals surface area contributed by atoms with Crippen molar-refractivity contribution >= 4 is 17.7 Å². The molecule has 1 aromatic rings. The number of fused-ring (bicyclic) bond motifs is 1. The van der Waals surface area contributed by atoms with Gasteiger partial charge in [0.25, 0.3) is 0 Å². The van der Waals surface area contributed by atoms with Crippen LogP contribution in [0.2, 0.25) is 5.02 Å². The van der Waals surface area contributed by atoms with E-state index in [1.165, 1.54) is 14.2 Å². The molecule has 0 radical (unpaired) electrons. The number of aliphatic hydroxyl groups is 1. The average Bonchev–Trinajstić information content (AvgIpc) is 2.64. The quantitative estimate of drug-likeness (QED) is 0.859. The molecule has 25 heavy (non-hydrogen) atoms. The molecule has 0 bridgehead atoms. The van der Waals surface area contributed by atoms with Crippen LogP contribution in [0.4, 0.5) is 4.79 Å². The number of hydrogen-bond donors (Lipinski definition) is 2. The summed E-state index contributed by atoms with van der Waals surface area (Å²) < 4.78 is 10.0. The van der Waals surface area contributed by atoms with Crippen LogP contribution in [0.5, 0.6) is 5.75 Å². The fraction of sp³-hybridized carbons (Fsp3) is 0.421. The summed E-state index contributed by atoms with van der Waals surface area (Å²) in [7, 11) is 2.85. The number of carbonyl (C=O) groups excluding carboxylic acids is 1. The first-order valence-electron chi connectivity index (χ1n) is 8.31. The second kappa shape index (κ2) is 7.10. The van der Waals surface area contributed by atoms with Crippen molar-refractivity contribution < 1.29 is 19.4 Å². The van der Waals surface area contributed by atoms with Gasteiger partial charge in [-0.25, -0.2) is 4.79 Å². The van der Waals surface area contributed by atoms with Crippen molar-refractivity contribution in [1.82, 2.24) is 5.32 Å². The van der Waals surface area contributed by atoms with Crippen LogP contribution in [0.25, 0.3) is 0 Å². The molecule has 2 aliphatic rings. The van der Waals surface area contributed by atoms with Crippen LogP contribution in [-0.4, -0.2) is 31.5 Å². The number of alkyl carbamates (subject to hydrolysis) is 1. The molecule has 0 aliphatic heterocycles. The standard InChI is InChI=1S/C19H22ClNO4/c1-24-16-11-13(8-9-15(16)20)19(23)14-6-4-3-5-12(14)7-10-17(19)21-18(22)25-2/h5-6,8-9,11,17,23H,3-4,7,10H2,1-2H3,(H,21,22). The highest BCUT2D eigenvalue weighted by Crippen LogP contribution is 2.47. The van der Waals surface area contributed by atoms with Gasteiger partial charge in [-0.05, 0) is 54.5 Å². The summed E-state index contributed by atoms with van der Waals surface area (Å²) in [6.45, 7) is 0. The van der Waals surface area contributed by atoms with Gasteiger partial charge >= 0.3 is 6.09 Å². The zero-order valence-electron chi connectivity index (χ0n) is 14.3. The number of halogens is 1. The third-order valence-electron chi connectivity index (χ3n) is 4.94. The normalized spacial score (nSPS) is 25.4. The molecule has 3 rings (SSSR count). The first kappa shape index (κ1) is 17.8. The topological polar surface area (TPSA) is 67.8 Å². The zero-order valence-corrected chi connectivity index (χ0v) is 15.1. The maximum absolute atomic E-state index is 11.8. The van der Waals surface area contributed by atoms with Crippen LogP contribution >= 0.6 is 11.6 Å². The van der Waals surface area contributed by atoms with E-state index in [-0.39, 0.29) is 0 Å². The third-order valence-corrected chi connectivity index (χ3v) is 5.25. The molecule has 6 heteroatoms. The van der Waals surface area contributed by atoms with Gasteiger partial charge in [-0.3, -0.25) is 0 Å². The van der Waals surface area contributed by atoms with Gasteiger partial charge in [0.15, 0.2) is 0 Å². The van der Waals surface area contributed by atoms with E-state index in [0.29, 0.717) is 22.8 Å². The largest absolute Gasteiger partial charge is 0.495 e. The lowest BCUT2D eigenvalue weighted by Crippen LogP contribution is -2.54. The van der Waals surface area contributed by atoms with E-state index in [1.807, 2.05) is 0 Å². The Morgan fingerprint density at radius 2 is 2.08 bits per heavy atom. The summed E-state index contributed by atoms with van der Waals surface area (Å²) in [5.74, 6) is 0.483. The van der Waals surface area contributed by atoms with Gasteiger partial charge in [-0.2, -0.15) is 0 Å². The van der Waals surface area contributed by atoms with Gasteiger partial charge in [0.2, 0.25) is 0 Å². The molecule has 1 saturated carbocycles. The minimum Gasteiger partial charge on any atom is -0.495 e. The summed E-state index contributed by atoms with van der Waals surface area (Å²) >= 11 is 6.14. The summed E-state index contributed by atoms with van der Waals surface area (Å²) in [6.07, 6.45) is 6.90. The number of allylic oxidation sites excluding steroid dienone is 2. The lowest BCUT2D eigenvalue weighted by Gasteiger charge is -2.44. The molecule has 2 atom stereocenters. The number of rotatable bonds is 3. The fourth-order valence-electron chi connectivity index (χ4n) is 3.69. The predicted molar refractivity (Wildman–Crippen MR) is 95.9 cm³/mol. The number of carbonyl (C=O) groups is 1. The number of ether oxygens (including phenoxy) is 2. The van der Waals surface area contributed by atoms with Crippen LogP contribution in [0.15, 0.2) is 41.5 Å². The maximum Gasteiger partial charge on any atom is 0.407 e. The molecule has 2 N–H and O–H groups in total. The molecule has 1 aromatic carbocycles. The Balaban J connectivity index is 2.10. The van der Waals surface area contributed by atoms with E-state index >= 15 is 0 Å². The van der Waals surface area contributed by atoms with E-state index in [9.17, 15) is 9.90 Å². The Kier molecular flexibility index (Phi) is 5.06. The van der Waals surface area contributed by atoms with Crippen molar-refractivity contribution in [3.63, 3.8) is 0 Å². The number of amides is 1. The van der Waals surface area contributed by atoms with E-state index in [4.69, 9.17) is 21.1 Å². The first-order valence-corrected chi connectivity index (χ1v) is 8.69. The summed E-state index contributed by atoms with van der Waals surface area (Å²) in [5, 5.41) is 15.0. The molecule has 5 nitrogen and oxygen atoms in total. The molecule has 0 saturated heterocycles. The lowest BCUT2D eigenvalue weighted by atomic mass is 9.68. The predicted octanol–water partition coefficient (Wildman–Crippen LogP) is 3.70. The highest BCUT2D eigenvalue weighted by molar-refractivity contribution is 6.32. The lowest BCUT2D eigenvalue weighted by molar-refractivity contribution is 0.0219. The summed E-state index contributed by atoms with van der Waals surface area (Å²) in [6, 6.07) is 4.69. The van der Waals surface area contributed by atoms with Crippen LogP contribution in [0.3, 0.4) is 0 Å². The number of hydrogen-bond acceptors (Lipinski definition) is 4. The van der Waals surface area contributed by atoms with Gasteiger partial charge in [0.1, 0.15) is 11.4 Å². The van der Waals surface area contributed by atoms with E-state index in [2.05, 4.69) is 17.5 Å². The smallest absolute Gasteiger partial charge is 0.407 e. The fourth-order valence-corrected chi connectivity index (χ4v) is 3.89. The second-order valence-corrected chi connectivity index (χ2v) is 6.67. The third kappa shape index (κ3) is 3.14. The molecular formula is C19H22ClNO4. The minimum atomic E-state index is -1.36. The number of benzene rings is 1. The Morgan fingerprint density at radius 3 is 2.80 bits per heavy atom. The van der Waals surface area contributed by atoms with Gasteiger partial charge in [-0.1, -0.05) is 29.8 Å². The second-order valence-electron chi connectivity index (χ2n) is 6.27. The highest BCUT2D eigenvalue weighted by Gasteiger charge is 2.47. The van der Waals surface area contributed by atoms with Crippen LogP contribution in [0, 0.1) is 0 Å². The SMILES string of the molecule is COC(=O)NC1CCC2=CCCC=C2C1(O)c1ccc(Cl)c(OC)c1. The molecule has 2 aliphatic carbocycles. The van der Waals surface area contributed by atoms with Gasteiger partial charge in [0, 0.05) is 0 Å². The van der Waals surface area contributed by atoms with Crippen molar-refractivity contribution in [2.45, 2.75) is 37.3 Å². The minimum absolute atomic E-state index is 0.469. The first-order chi connectivity index (χ1) is 12.0. The van der Waals surface area contributed by atoms with Crippen molar-refractivity contribution in [2.75, 3.05) is 14.2 Å². The molecular weight excluding hydrogens is 342 g/mol. The number of nitrogens with one attached hydrogen (secondary N) is 1. The maximum atomic E-state index is 11.8. The monoisotopic (exact) mass is 363 g/mol. The van der Waals surface area contributed by atoms with E-state index < -0.39 is 17.7 Å². The van der Waals surface area contributed by atoms with Crippen molar-refractivity contribution in [3.05, 3.63) is 52.1 Å². The summed E-state index contributed by atoms with van der Waals surface area (Å²) in [5.41, 5.74) is 1.24. The molecule has 2 unspecified atom stereocenters. The van der Waals surface area contributed by atoms with Crippen molar-refractivity contribution in [1.29, 1.82) is 0 Å². The highest BCUT2D eigenvalue weighted by atomic mass is 35.5. The van der Waals surface area contributed by atoms with Gasteiger partial charge in [-0.15, -0.1) is 0 Å². The van der Waals surface area contributed by atoms with Crippen LogP contribution in [-0.2, 0) is 10.3 Å².